The molecule has 0 bridgehead atoms. The van der Waals surface area contributed by atoms with Crippen LogP contribution < -0.4 is 15.4 Å². The molecule has 154 valence electrons. The second-order valence-corrected chi connectivity index (χ2v) is 6.50. The summed E-state index contributed by atoms with van der Waals surface area (Å²) in [5, 5.41) is 14.4. The van der Waals surface area contributed by atoms with E-state index < -0.39 is 35.7 Å². The number of methoxy groups -OCH3 is 1. The molecule has 0 aliphatic rings. The highest BCUT2D eigenvalue weighted by Gasteiger charge is 2.27. The van der Waals surface area contributed by atoms with E-state index in [0.717, 1.165) is 0 Å². The summed E-state index contributed by atoms with van der Waals surface area (Å²) >= 11 is 0. The fourth-order valence-electron chi connectivity index (χ4n) is 2.85. The van der Waals surface area contributed by atoms with Gasteiger partial charge in [-0.2, -0.15) is 0 Å². The number of nitrogens with one attached hydrogen (secondary N) is 2. The van der Waals surface area contributed by atoms with Crippen LogP contribution in [0.25, 0.3) is 0 Å². The SMILES string of the molecule is COc1cccc(C[C@H](NC(=O)[C@@H](Cc2ccccc2F)NC(C)=O)C(=O)O)c1. The van der Waals surface area contributed by atoms with Gasteiger partial charge >= 0.3 is 5.97 Å². The van der Waals surface area contributed by atoms with Crippen LogP contribution >= 0.6 is 0 Å². The van der Waals surface area contributed by atoms with Gasteiger partial charge in [0.1, 0.15) is 23.7 Å². The van der Waals surface area contributed by atoms with Crippen LogP contribution in [0.4, 0.5) is 4.39 Å². The van der Waals surface area contributed by atoms with Gasteiger partial charge in [-0.1, -0.05) is 30.3 Å². The maximum absolute atomic E-state index is 14.0. The number of benzene rings is 2. The van der Waals surface area contributed by atoms with E-state index in [2.05, 4.69) is 10.6 Å². The normalized spacial score (nSPS) is 12.5. The van der Waals surface area contributed by atoms with Crippen molar-refractivity contribution in [1.82, 2.24) is 10.6 Å². The Morgan fingerprint density at radius 3 is 2.38 bits per heavy atom. The molecule has 2 amide bonds. The first-order valence-electron chi connectivity index (χ1n) is 8.96. The molecule has 8 heteroatoms. The lowest BCUT2D eigenvalue weighted by atomic mass is 10.0. The van der Waals surface area contributed by atoms with Gasteiger partial charge in [0.2, 0.25) is 11.8 Å². The second kappa shape index (κ2) is 10.2. The maximum atomic E-state index is 14.0. The average Bonchev–Trinajstić information content (AvgIpc) is 2.68. The average molecular weight is 402 g/mol. The third-order valence-electron chi connectivity index (χ3n) is 4.26. The Labute approximate surface area is 167 Å². The molecule has 0 saturated heterocycles. The highest BCUT2D eigenvalue weighted by Crippen LogP contribution is 2.15. The van der Waals surface area contributed by atoms with Crippen molar-refractivity contribution in [1.29, 1.82) is 0 Å². The standard InChI is InChI=1S/C21H23FN2O5/c1-13(25)23-18(12-15-7-3-4-9-17(15)22)20(26)24-19(21(27)28)11-14-6-5-8-16(10-14)29-2/h3-10,18-19H,11-12H2,1-2H3,(H,23,25)(H,24,26)(H,27,28)/t18-,19+/m1/s1. The molecule has 0 radical (unpaired) electrons. The van der Waals surface area contributed by atoms with Gasteiger partial charge in [0, 0.05) is 19.8 Å². The highest BCUT2D eigenvalue weighted by atomic mass is 19.1. The van der Waals surface area contributed by atoms with Crippen LogP contribution in [0, 0.1) is 5.82 Å². The summed E-state index contributed by atoms with van der Waals surface area (Å²) in [4.78, 5) is 35.8. The highest BCUT2D eigenvalue weighted by molar-refractivity contribution is 5.90. The van der Waals surface area contributed by atoms with Crippen LogP contribution in [0.15, 0.2) is 48.5 Å². The Balaban J connectivity index is 2.16. The number of halogens is 1. The smallest absolute Gasteiger partial charge is 0.326 e. The molecule has 0 aromatic heterocycles. The zero-order chi connectivity index (χ0) is 21.4. The number of carboxylic acid groups (broad SMARTS) is 1. The monoisotopic (exact) mass is 402 g/mol. The van der Waals surface area contributed by atoms with Crippen LogP contribution in [0.3, 0.4) is 0 Å². The molecule has 7 nitrogen and oxygen atoms in total. The van der Waals surface area contributed by atoms with Crippen molar-refractivity contribution in [2.24, 2.45) is 0 Å². The molecule has 2 aromatic rings. The van der Waals surface area contributed by atoms with E-state index in [1.54, 1.807) is 30.3 Å². The molecule has 2 aromatic carbocycles. The molecular weight excluding hydrogens is 379 g/mol. The van der Waals surface area contributed by atoms with Crippen LogP contribution in [0.5, 0.6) is 5.75 Å². The number of hydrogen-bond acceptors (Lipinski definition) is 4. The van der Waals surface area contributed by atoms with Gasteiger partial charge in [-0.25, -0.2) is 9.18 Å². The Morgan fingerprint density at radius 2 is 1.76 bits per heavy atom. The summed E-state index contributed by atoms with van der Waals surface area (Å²) in [5.41, 5.74) is 0.892. The number of rotatable bonds is 9. The number of carbonyl (C=O) groups excluding carboxylic acids is 2. The van der Waals surface area contributed by atoms with Gasteiger partial charge in [0.25, 0.3) is 0 Å². The van der Waals surface area contributed by atoms with E-state index in [1.807, 2.05) is 0 Å². The summed E-state index contributed by atoms with van der Waals surface area (Å²) in [6, 6.07) is 10.4. The minimum absolute atomic E-state index is 0.0186. The first kappa shape index (κ1) is 21.9. The molecule has 0 aliphatic carbocycles. The lowest BCUT2D eigenvalue weighted by molar-refractivity contribution is -0.142. The largest absolute Gasteiger partial charge is 0.497 e. The zero-order valence-electron chi connectivity index (χ0n) is 16.1. The van der Waals surface area contributed by atoms with Gasteiger partial charge in [0.05, 0.1) is 7.11 Å². The lowest BCUT2D eigenvalue weighted by Gasteiger charge is -2.21. The van der Waals surface area contributed by atoms with Gasteiger partial charge in [-0.15, -0.1) is 0 Å². The number of hydrogen-bond donors (Lipinski definition) is 3. The molecule has 0 heterocycles. The van der Waals surface area contributed by atoms with Crippen LogP contribution in [-0.4, -0.2) is 42.1 Å². The Kier molecular flexibility index (Phi) is 7.70. The number of amides is 2. The number of carbonyl (C=O) groups is 3. The van der Waals surface area contributed by atoms with Crippen LogP contribution in [0.2, 0.25) is 0 Å². The van der Waals surface area contributed by atoms with E-state index in [9.17, 15) is 23.9 Å². The number of ether oxygens (including phenoxy) is 1. The molecule has 3 N–H and O–H groups in total. The number of aliphatic carboxylic acids is 1. The lowest BCUT2D eigenvalue weighted by Crippen LogP contribution is -2.52. The second-order valence-electron chi connectivity index (χ2n) is 6.50. The predicted octanol–water partition coefficient (Wildman–Crippen LogP) is 1.69. The summed E-state index contributed by atoms with van der Waals surface area (Å²) in [5.74, 6) is -2.37. The maximum Gasteiger partial charge on any atom is 0.326 e. The first-order valence-corrected chi connectivity index (χ1v) is 8.96. The Bertz CT molecular complexity index is 887. The van der Waals surface area contributed by atoms with Gasteiger partial charge < -0.3 is 20.5 Å². The summed E-state index contributed by atoms with van der Waals surface area (Å²) < 4.78 is 19.1. The van der Waals surface area contributed by atoms with Crippen molar-refractivity contribution < 1.29 is 28.6 Å². The molecule has 0 saturated carbocycles. The molecule has 0 spiro atoms. The van der Waals surface area contributed by atoms with E-state index in [0.29, 0.717) is 11.3 Å². The van der Waals surface area contributed by atoms with Crippen LogP contribution in [-0.2, 0) is 27.2 Å². The first-order chi connectivity index (χ1) is 13.8. The van der Waals surface area contributed by atoms with Crippen molar-refractivity contribution in [2.75, 3.05) is 7.11 Å². The van der Waals surface area contributed by atoms with Crippen LogP contribution in [0.1, 0.15) is 18.1 Å². The Hall–Kier alpha value is -3.42. The number of carboxylic acids is 1. The molecular formula is C21H23FN2O5. The van der Waals surface area contributed by atoms with E-state index in [1.165, 1.54) is 32.2 Å². The molecule has 2 atom stereocenters. The molecule has 0 unspecified atom stereocenters. The van der Waals surface area contributed by atoms with Crippen molar-refractivity contribution in [3.8, 4) is 5.75 Å². The van der Waals surface area contributed by atoms with E-state index in [-0.39, 0.29) is 18.4 Å². The fraction of sp³-hybridized carbons (Fsp3) is 0.286. The van der Waals surface area contributed by atoms with Gasteiger partial charge in [-0.05, 0) is 29.3 Å². The predicted molar refractivity (Wildman–Crippen MR) is 104 cm³/mol. The minimum atomic E-state index is -1.23. The van der Waals surface area contributed by atoms with Crippen molar-refractivity contribution in [3.05, 3.63) is 65.5 Å². The fourth-order valence-corrected chi connectivity index (χ4v) is 2.85. The van der Waals surface area contributed by atoms with E-state index >= 15 is 0 Å². The quantitative estimate of drug-likeness (QED) is 0.592. The van der Waals surface area contributed by atoms with E-state index in [4.69, 9.17) is 4.74 Å². The Morgan fingerprint density at radius 1 is 1.03 bits per heavy atom. The molecule has 29 heavy (non-hydrogen) atoms. The van der Waals surface area contributed by atoms with Gasteiger partial charge in [-0.3, -0.25) is 9.59 Å². The summed E-state index contributed by atoms with van der Waals surface area (Å²) in [6.07, 6.45) is -0.0889. The third-order valence-corrected chi connectivity index (χ3v) is 4.26. The summed E-state index contributed by atoms with van der Waals surface area (Å²) in [6.45, 7) is 1.23. The molecule has 0 fully saturated rings. The third kappa shape index (κ3) is 6.60. The van der Waals surface area contributed by atoms with Crippen molar-refractivity contribution in [3.63, 3.8) is 0 Å². The minimum Gasteiger partial charge on any atom is -0.497 e. The summed E-state index contributed by atoms with van der Waals surface area (Å²) in [7, 11) is 1.50. The molecule has 0 aliphatic heterocycles. The molecule has 2 rings (SSSR count). The zero-order valence-corrected chi connectivity index (χ0v) is 16.1. The van der Waals surface area contributed by atoms with Gasteiger partial charge in [0.15, 0.2) is 0 Å². The topological polar surface area (TPSA) is 105 Å². The van der Waals surface area contributed by atoms with Crippen molar-refractivity contribution >= 4 is 17.8 Å². The van der Waals surface area contributed by atoms with Crippen molar-refractivity contribution in [2.45, 2.75) is 31.8 Å².